The molecule has 0 radical (unpaired) electrons. The molecule has 0 spiro atoms. The van der Waals surface area contributed by atoms with E-state index >= 15 is 0 Å². The summed E-state index contributed by atoms with van der Waals surface area (Å²) in [5, 5.41) is 3.37. The van der Waals surface area contributed by atoms with E-state index in [-0.39, 0.29) is 11.5 Å². The van der Waals surface area contributed by atoms with Crippen LogP contribution in [0.2, 0.25) is 0 Å². The Labute approximate surface area is 140 Å². The number of nitrogens with zero attached hydrogens (tertiary/aromatic N) is 1. The van der Waals surface area contributed by atoms with Crippen LogP contribution >= 0.6 is 0 Å². The molecule has 1 N–H and O–H groups in total. The first-order valence-corrected chi connectivity index (χ1v) is 9.01. The van der Waals surface area contributed by atoms with Gasteiger partial charge in [0.2, 0.25) is 0 Å². The van der Waals surface area contributed by atoms with Crippen molar-refractivity contribution in [3.63, 3.8) is 0 Å². The van der Waals surface area contributed by atoms with Crippen molar-refractivity contribution in [2.75, 3.05) is 24.5 Å². The fourth-order valence-electron chi connectivity index (χ4n) is 2.61. The Balaban J connectivity index is 2.31. The molecule has 0 amide bonds. The first kappa shape index (κ1) is 18.8. The molecule has 0 saturated carbocycles. The molecule has 0 aliphatic carbocycles. The third-order valence-electron chi connectivity index (χ3n) is 4.40. The Hall–Kier alpha value is -1.54. The number of nitrogens with one attached hydrogen (secondary N) is 1. The predicted molar refractivity (Wildman–Crippen MR) is 87.7 cm³/mol. The molecule has 8 heteroatoms. The second-order valence-corrected chi connectivity index (χ2v) is 8.37. The van der Waals surface area contributed by atoms with E-state index in [2.05, 4.69) is 11.9 Å². The molecule has 0 aromatic heterocycles. The van der Waals surface area contributed by atoms with E-state index in [9.17, 15) is 21.6 Å². The van der Waals surface area contributed by atoms with Crippen molar-refractivity contribution in [3.05, 3.63) is 36.9 Å². The maximum Gasteiger partial charge on any atom is 0.501 e. The van der Waals surface area contributed by atoms with Gasteiger partial charge in [-0.05, 0) is 23.6 Å². The molecule has 1 saturated heterocycles. The molecular weight excluding hydrogens is 341 g/mol. The number of alkyl halides is 3. The van der Waals surface area contributed by atoms with E-state index in [4.69, 9.17) is 0 Å². The zero-order valence-corrected chi connectivity index (χ0v) is 14.4. The van der Waals surface area contributed by atoms with E-state index in [1.165, 1.54) is 6.07 Å². The lowest BCUT2D eigenvalue weighted by atomic mass is 9.83. The fourth-order valence-corrected chi connectivity index (χ4v) is 3.41. The zero-order chi connectivity index (χ0) is 18.2. The molecule has 0 bridgehead atoms. The molecule has 1 heterocycles. The van der Waals surface area contributed by atoms with Crippen LogP contribution in [0.25, 0.3) is 0 Å². The van der Waals surface area contributed by atoms with Gasteiger partial charge in [-0.2, -0.15) is 13.2 Å². The molecule has 24 heavy (non-hydrogen) atoms. The van der Waals surface area contributed by atoms with Crippen LogP contribution in [0.1, 0.15) is 13.8 Å². The van der Waals surface area contributed by atoms with Crippen molar-refractivity contribution < 1.29 is 21.6 Å². The standard InChI is InChI=1S/C16H21F3N2O2S/c1-4-15(2,3)14-11-21(9-8-20-14)12-6-5-7-13(10-12)24(22,23)16(17,18)19/h4-7,10,14,20H,1,8-9,11H2,2-3H3. The van der Waals surface area contributed by atoms with Crippen molar-refractivity contribution in [1.82, 2.24) is 5.32 Å². The van der Waals surface area contributed by atoms with Gasteiger partial charge in [0.1, 0.15) is 0 Å². The van der Waals surface area contributed by atoms with Crippen molar-refractivity contribution in [1.29, 1.82) is 0 Å². The predicted octanol–water partition coefficient (Wildman–Crippen LogP) is 2.97. The van der Waals surface area contributed by atoms with Gasteiger partial charge in [0.15, 0.2) is 0 Å². The number of sulfone groups is 1. The smallest absolute Gasteiger partial charge is 0.369 e. The first-order chi connectivity index (χ1) is 11.0. The van der Waals surface area contributed by atoms with Gasteiger partial charge in [-0.1, -0.05) is 26.0 Å². The van der Waals surface area contributed by atoms with Crippen LogP contribution in [-0.4, -0.2) is 39.6 Å². The van der Waals surface area contributed by atoms with Crippen LogP contribution in [0.5, 0.6) is 0 Å². The van der Waals surface area contributed by atoms with Crippen LogP contribution in [0.3, 0.4) is 0 Å². The van der Waals surface area contributed by atoms with Crippen LogP contribution in [-0.2, 0) is 9.84 Å². The molecular formula is C16H21F3N2O2S. The molecule has 2 rings (SSSR count). The van der Waals surface area contributed by atoms with Gasteiger partial charge in [-0.3, -0.25) is 0 Å². The number of hydrogen-bond donors (Lipinski definition) is 1. The molecule has 134 valence electrons. The summed E-state index contributed by atoms with van der Waals surface area (Å²) in [6.07, 6.45) is 1.83. The lowest BCUT2D eigenvalue weighted by Crippen LogP contribution is -2.56. The minimum Gasteiger partial charge on any atom is -0.369 e. The summed E-state index contributed by atoms with van der Waals surface area (Å²) in [5.41, 5.74) is -5.04. The lowest BCUT2D eigenvalue weighted by molar-refractivity contribution is -0.0435. The van der Waals surface area contributed by atoms with E-state index in [0.29, 0.717) is 25.3 Å². The Kier molecular flexibility index (Phi) is 5.01. The second-order valence-electron chi connectivity index (χ2n) is 6.42. The average Bonchev–Trinajstić information content (AvgIpc) is 2.54. The highest BCUT2D eigenvalue weighted by molar-refractivity contribution is 7.92. The van der Waals surface area contributed by atoms with Gasteiger partial charge in [0.25, 0.3) is 9.84 Å². The van der Waals surface area contributed by atoms with Gasteiger partial charge in [0.05, 0.1) is 4.90 Å². The fraction of sp³-hybridized carbons (Fsp3) is 0.500. The summed E-state index contributed by atoms with van der Waals surface area (Å²) >= 11 is 0. The van der Waals surface area contributed by atoms with Crippen molar-refractivity contribution in [2.45, 2.75) is 30.3 Å². The largest absolute Gasteiger partial charge is 0.501 e. The van der Waals surface area contributed by atoms with Gasteiger partial charge in [-0.25, -0.2) is 8.42 Å². The summed E-state index contributed by atoms with van der Waals surface area (Å²) in [6, 6.07) is 5.08. The summed E-state index contributed by atoms with van der Waals surface area (Å²) < 4.78 is 61.4. The van der Waals surface area contributed by atoms with Crippen molar-refractivity contribution >= 4 is 15.5 Å². The summed E-state index contributed by atoms with van der Waals surface area (Å²) in [6.45, 7) is 9.64. The highest BCUT2D eigenvalue weighted by atomic mass is 32.2. The monoisotopic (exact) mass is 362 g/mol. The molecule has 1 aliphatic rings. The minimum atomic E-state index is -5.34. The van der Waals surface area contributed by atoms with E-state index in [0.717, 1.165) is 12.1 Å². The normalized spacial score (nSPS) is 20.0. The maximum absolute atomic E-state index is 12.7. The Morgan fingerprint density at radius 1 is 1.33 bits per heavy atom. The number of hydrogen-bond acceptors (Lipinski definition) is 4. The van der Waals surface area contributed by atoms with Crippen LogP contribution in [0.4, 0.5) is 18.9 Å². The molecule has 1 atom stereocenters. The van der Waals surface area contributed by atoms with Crippen molar-refractivity contribution in [2.24, 2.45) is 5.41 Å². The highest BCUT2D eigenvalue weighted by Gasteiger charge is 2.47. The van der Waals surface area contributed by atoms with E-state index in [1.54, 1.807) is 6.07 Å². The van der Waals surface area contributed by atoms with E-state index < -0.39 is 20.2 Å². The van der Waals surface area contributed by atoms with Crippen molar-refractivity contribution in [3.8, 4) is 0 Å². The Morgan fingerprint density at radius 3 is 2.58 bits per heavy atom. The Morgan fingerprint density at radius 2 is 2.00 bits per heavy atom. The topological polar surface area (TPSA) is 49.4 Å². The summed E-state index contributed by atoms with van der Waals surface area (Å²) in [4.78, 5) is 1.16. The summed E-state index contributed by atoms with van der Waals surface area (Å²) in [5.74, 6) is 0. The second kappa shape index (κ2) is 6.40. The summed E-state index contributed by atoms with van der Waals surface area (Å²) in [7, 11) is -5.34. The van der Waals surface area contributed by atoms with Crippen LogP contribution in [0, 0.1) is 5.41 Å². The number of rotatable bonds is 4. The molecule has 1 fully saturated rings. The number of piperazine rings is 1. The molecule has 4 nitrogen and oxygen atoms in total. The van der Waals surface area contributed by atoms with Crippen LogP contribution < -0.4 is 10.2 Å². The minimum absolute atomic E-state index is 0.0617. The van der Waals surface area contributed by atoms with Crippen LogP contribution in [0.15, 0.2) is 41.8 Å². The van der Waals surface area contributed by atoms with Gasteiger partial charge in [0, 0.05) is 31.4 Å². The molecule has 1 aromatic carbocycles. The van der Waals surface area contributed by atoms with Gasteiger partial charge in [-0.15, -0.1) is 6.58 Å². The SMILES string of the molecule is C=CC(C)(C)C1CN(c2cccc(S(=O)(=O)C(F)(F)F)c2)CCN1. The highest BCUT2D eigenvalue weighted by Crippen LogP contribution is 2.33. The zero-order valence-electron chi connectivity index (χ0n) is 13.6. The third-order valence-corrected chi connectivity index (χ3v) is 5.88. The van der Waals surface area contributed by atoms with Gasteiger partial charge >= 0.3 is 5.51 Å². The number of anilines is 1. The molecule has 1 aromatic rings. The first-order valence-electron chi connectivity index (χ1n) is 7.52. The molecule has 1 unspecified atom stereocenters. The van der Waals surface area contributed by atoms with E-state index in [1.807, 2.05) is 24.8 Å². The number of halogens is 3. The number of benzene rings is 1. The van der Waals surface area contributed by atoms with Gasteiger partial charge < -0.3 is 10.2 Å². The molecule has 1 aliphatic heterocycles. The third kappa shape index (κ3) is 3.59. The quantitative estimate of drug-likeness (QED) is 0.837. The Bertz CT molecular complexity index is 714. The average molecular weight is 362 g/mol. The maximum atomic E-state index is 12.7. The lowest BCUT2D eigenvalue weighted by Gasteiger charge is -2.42.